The lowest BCUT2D eigenvalue weighted by Gasteiger charge is -2.03. The Morgan fingerprint density at radius 3 is 1.71 bits per heavy atom. The normalized spacial score (nSPS) is 9.71. The Morgan fingerprint density at radius 1 is 0.882 bits per heavy atom. The van der Waals surface area contributed by atoms with Crippen molar-refractivity contribution in [2.24, 2.45) is 5.73 Å². The van der Waals surface area contributed by atoms with Crippen LogP contribution in [0.5, 0.6) is 0 Å². The van der Waals surface area contributed by atoms with Crippen LogP contribution in [0.25, 0.3) is 0 Å². The van der Waals surface area contributed by atoms with Gasteiger partial charge in [-0.2, -0.15) is 0 Å². The average Bonchev–Trinajstić information content (AvgIpc) is 2.25. The molecule has 0 fully saturated rings. The number of hydrogen-bond acceptors (Lipinski definition) is 1. The number of hydrogen-bond donors (Lipinski definition) is 3. The summed E-state index contributed by atoms with van der Waals surface area (Å²) in [6, 6.07) is 0. The zero-order valence-electron chi connectivity index (χ0n) is 11.3. The first-order valence-corrected chi connectivity index (χ1v) is 6.85. The second-order valence-electron chi connectivity index (χ2n) is 4.52. The fourth-order valence-electron chi connectivity index (χ4n) is 1.84. The highest BCUT2D eigenvalue weighted by atomic mass is 127. The first kappa shape index (κ1) is 19.3. The van der Waals surface area contributed by atoms with Gasteiger partial charge < -0.3 is 11.1 Å². The lowest BCUT2D eigenvalue weighted by atomic mass is 10.1. The van der Waals surface area contributed by atoms with Crippen molar-refractivity contribution < 1.29 is 0 Å². The Bertz CT molecular complexity index is 163. The summed E-state index contributed by atoms with van der Waals surface area (Å²) < 4.78 is 0. The summed E-state index contributed by atoms with van der Waals surface area (Å²) in [7, 11) is 0. The van der Waals surface area contributed by atoms with Crippen molar-refractivity contribution in [1.29, 1.82) is 5.41 Å². The van der Waals surface area contributed by atoms with Crippen LogP contribution in [0.3, 0.4) is 0 Å². The van der Waals surface area contributed by atoms with E-state index in [1.54, 1.807) is 0 Å². The van der Waals surface area contributed by atoms with Crippen LogP contribution in [0, 0.1) is 5.41 Å². The maximum atomic E-state index is 6.99. The van der Waals surface area contributed by atoms with Crippen LogP contribution >= 0.6 is 24.0 Å². The minimum Gasteiger partial charge on any atom is -0.370 e. The number of nitrogens with two attached hydrogens (primary N) is 1. The van der Waals surface area contributed by atoms with E-state index in [-0.39, 0.29) is 29.9 Å². The highest BCUT2D eigenvalue weighted by Crippen LogP contribution is 2.10. The topological polar surface area (TPSA) is 61.9 Å². The fourth-order valence-corrected chi connectivity index (χ4v) is 1.84. The predicted octanol–water partition coefficient (Wildman–Crippen LogP) is 4.01. The molecule has 0 aliphatic rings. The smallest absolute Gasteiger partial charge is 0.185 e. The maximum absolute atomic E-state index is 6.99. The molecule has 0 aromatic carbocycles. The summed E-state index contributed by atoms with van der Waals surface area (Å²) in [6.07, 6.45) is 13.5. The Labute approximate surface area is 124 Å². The molecule has 0 aromatic rings. The van der Waals surface area contributed by atoms with Gasteiger partial charge in [-0.05, 0) is 6.42 Å². The number of nitrogens with one attached hydrogen (secondary N) is 2. The van der Waals surface area contributed by atoms with E-state index < -0.39 is 0 Å². The van der Waals surface area contributed by atoms with E-state index in [4.69, 9.17) is 11.1 Å². The molecule has 17 heavy (non-hydrogen) atoms. The van der Waals surface area contributed by atoms with E-state index in [9.17, 15) is 0 Å². The van der Waals surface area contributed by atoms with Gasteiger partial charge in [0.1, 0.15) is 0 Å². The van der Waals surface area contributed by atoms with E-state index in [0.29, 0.717) is 0 Å². The second-order valence-corrected chi connectivity index (χ2v) is 4.52. The molecule has 0 heterocycles. The van der Waals surface area contributed by atoms with Crippen molar-refractivity contribution in [3.05, 3.63) is 0 Å². The Morgan fingerprint density at radius 2 is 1.29 bits per heavy atom. The van der Waals surface area contributed by atoms with Crippen molar-refractivity contribution in [3.8, 4) is 0 Å². The molecule has 0 aliphatic heterocycles. The highest BCUT2D eigenvalue weighted by molar-refractivity contribution is 14.0. The van der Waals surface area contributed by atoms with Gasteiger partial charge in [-0.1, -0.05) is 64.7 Å². The second kappa shape index (κ2) is 16.0. The zero-order valence-corrected chi connectivity index (χ0v) is 13.6. The molecule has 0 saturated carbocycles. The van der Waals surface area contributed by atoms with E-state index in [2.05, 4.69) is 12.2 Å². The van der Waals surface area contributed by atoms with Crippen LogP contribution in [0.4, 0.5) is 0 Å². The van der Waals surface area contributed by atoms with Crippen LogP contribution in [0.15, 0.2) is 0 Å². The molecule has 0 radical (unpaired) electrons. The van der Waals surface area contributed by atoms with Crippen LogP contribution in [0.1, 0.15) is 71.1 Å². The molecule has 3 nitrogen and oxygen atoms in total. The SMILES string of the molecule is CCCCCCCCCCCCNC(=N)N.I. The van der Waals surface area contributed by atoms with Crippen molar-refractivity contribution in [2.75, 3.05) is 6.54 Å². The molecule has 0 unspecified atom stereocenters. The van der Waals surface area contributed by atoms with E-state index in [0.717, 1.165) is 13.0 Å². The van der Waals surface area contributed by atoms with E-state index in [1.807, 2.05) is 0 Å². The Kier molecular flexibility index (Phi) is 18.2. The van der Waals surface area contributed by atoms with E-state index >= 15 is 0 Å². The average molecular weight is 355 g/mol. The van der Waals surface area contributed by atoms with Crippen molar-refractivity contribution >= 4 is 29.9 Å². The van der Waals surface area contributed by atoms with Gasteiger partial charge in [-0.15, -0.1) is 24.0 Å². The molecule has 4 heteroatoms. The third kappa shape index (κ3) is 18.6. The van der Waals surface area contributed by atoms with Gasteiger partial charge in [-0.25, -0.2) is 0 Å². The van der Waals surface area contributed by atoms with Gasteiger partial charge in [0.2, 0.25) is 0 Å². The molecule has 0 amide bonds. The first-order chi connectivity index (χ1) is 7.77. The van der Waals surface area contributed by atoms with Crippen molar-refractivity contribution in [3.63, 3.8) is 0 Å². The van der Waals surface area contributed by atoms with Gasteiger partial charge in [0.25, 0.3) is 0 Å². The van der Waals surface area contributed by atoms with Crippen LogP contribution in [-0.2, 0) is 0 Å². The van der Waals surface area contributed by atoms with Crippen LogP contribution in [0.2, 0.25) is 0 Å². The molecular weight excluding hydrogens is 325 g/mol. The predicted molar refractivity (Wildman–Crippen MR) is 87.2 cm³/mol. The monoisotopic (exact) mass is 355 g/mol. The quantitative estimate of drug-likeness (QED) is 0.227. The molecule has 4 N–H and O–H groups in total. The lowest BCUT2D eigenvalue weighted by molar-refractivity contribution is 0.554. The van der Waals surface area contributed by atoms with E-state index in [1.165, 1.54) is 57.8 Å². The summed E-state index contributed by atoms with van der Waals surface area (Å²) in [5.74, 6) is 0.0934. The molecule has 0 aromatic heterocycles. The van der Waals surface area contributed by atoms with Crippen molar-refractivity contribution in [1.82, 2.24) is 5.32 Å². The highest BCUT2D eigenvalue weighted by Gasteiger charge is 1.92. The minimum atomic E-state index is 0. The van der Waals surface area contributed by atoms with Crippen LogP contribution < -0.4 is 11.1 Å². The molecule has 0 spiro atoms. The van der Waals surface area contributed by atoms with Gasteiger partial charge >= 0.3 is 0 Å². The van der Waals surface area contributed by atoms with Gasteiger partial charge in [0, 0.05) is 6.54 Å². The standard InChI is InChI=1S/C13H29N3.HI/c1-2-3-4-5-6-7-8-9-10-11-12-16-13(14)15;/h2-12H2,1H3,(H4,14,15,16);1H. The van der Waals surface area contributed by atoms with Crippen molar-refractivity contribution in [2.45, 2.75) is 71.1 Å². The fraction of sp³-hybridized carbons (Fsp3) is 0.923. The largest absolute Gasteiger partial charge is 0.370 e. The zero-order chi connectivity index (χ0) is 12.1. The summed E-state index contributed by atoms with van der Waals surface area (Å²) in [4.78, 5) is 0. The summed E-state index contributed by atoms with van der Waals surface area (Å²) in [5.41, 5.74) is 5.18. The summed E-state index contributed by atoms with van der Waals surface area (Å²) >= 11 is 0. The molecule has 0 bridgehead atoms. The summed E-state index contributed by atoms with van der Waals surface area (Å²) in [5, 5.41) is 9.82. The maximum Gasteiger partial charge on any atom is 0.185 e. The molecule has 0 aliphatic carbocycles. The molecular formula is C13H30IN3. The first-order valence-electron chi connectivity index (χ1n) is 6.85. The third-order valence-electron chi connectivity index (χ3n) is 2.85. The molecule has 104 valence electrons. The lowest BCUT2D eigenvalue weighted by Crippen LogP contribution is -2.30. The number of guanidine groups is 1. The van der Waals surface area contributed by atoms with Gasteiger partial charge in [0.05, 0.1) is 0 Å². The molecule has 0 atom stereocenters. The molecule has 0 saturated heterocycles. The number of unbranched alkanes of at least 4 members (excludes halogenated alkanes) is 9. The molecule has 0 rings (SSSR count). The third-order valence-corrected chi connectivity index (χ3v) is 2.85. The van der Waals surface area contributed by atoms with Gasteiger partial charge in [-0.3, -0.25) is 5.41 Å². The number of rotatable bonds is 11. The minimum absolute atomic E-state index is 0. The summed E-state index contributed by atoms with van der Waals surface area (Å²) in [6.45, 7) is 3.11. The number of halogens is 1. The Balaban J connectivity index is 0. The van der Waals surface area contributed by atoms with Gasteiger partial charge in [0.15, 0.2) is 5.96 Å². The van der Waals surface area contributed by atoms with Crippen LogP contribution in [-0.4, -0.2) is 12.5 Å². The Hall–Kier alpha value is 0.